The topological polar surface area (TPSA) is 150 Å². The minimum atomic E-state index is -0.403. The van der Waals surface area contributed by atoms with E-state index in [9.17, 15) is 14.7 Å². The molecule has 10 heteroatoms. The van der Waals surface area contributed by atoms with Crippen LogP contribution >= 0.6 is 11.8 Å². The highest BCUT2D eigenvalue weighted by atomic mass is 32.2. The standard InChI is InChI=1S/C15H14N2O2.C7H17N.C5H12N2OS.C2H6.CH2O/c1-3-12-13(4-2)16-14(17-15(12)19)10-7-5-6-8-11(18)9-10;1-4-6-7(3)8-5-2;1-3-9-4(6)5(8)7-2;2*1-2/h3-8,18H,1-2,9H2,(H,16,17,19);7-8H,4-6H2,1-3H3;4H,3,6H2,1-2H3,(H,7,8);1-2H3;1H2. The number of aromatic amines is 1. The van der Waals surface area contributed by atoms with E-state index in [1.807, 2.05) is 27.6 Å². The summed E-state index contributed by atoms with van der Waals surface area (Å²) in [5.74, 6) is 1.41. The molecule has 1 aliphatic carbocycles. The number of aliphatic hydroxyl groups excluding tert-OH is 1. The van der Waals surface area contributed by atoms with Crippen molar-refractivity contribution < 1.29 is 14.7 Å². The van der Waals surface area contributed by atoms with Gasteiger partial charge in [-0.1, -0.05) is 78.5 Å². The predicted molar refractivity (Wildman–Crippen MR) is 174 cm³/mol. The second-order valence-electron chi connectivity index (χ2n) is 7.77. The number of rotatable bonds is 10. The second-order valence-corrected chi connectivity index (χ2v) is 9.19. The third kappa shape index (κ3) is 18.1. The third-order valence-electron chi connectivity index (χ3n) is 4.88. The van der Waals surface area contributed by atoms with E-state index in [0.29, 0.717) is 29.5 Å². The minimum Gasteiger partial charge on any atom is -0.512 e. The van der Waals surface area contributed by atoms with Gasteiger partial charge in [0.15, 0.2) is 0 Å². The molecule has 1 aromatic rings. The molecule has 0 saturated carbocycles. The fourth-order valence-electron chi connectivity index (χ4n) is 3.10. The van der Waals surface area contributed by atoms with E-state index in [1.54, 1.807) is 31.4 Å². The Hall–Kier alpha value is -3.21. The molecule has 1 amide bonds. The Morgan fingerprint density at radius 3 is 2.27 bits per heavy atom. The average Bonchev–Trinajstić information content (AvgIpc) is 3.19. The number of thioether (sulfide) groups is 1. The summed E-state index contributed by atoms with van der Waals surface area (Å²) in [6, 6.07) is 0.713. The molecule has 0 radical (unpaired) electrons. The first-order valence-corrected chi connectivity index (χ1v) is 14.5. The SMILES string of the molecule is C=Cc1nc(C2=CC=CC=C(O)C2)[nH]c(=O)c1C=C.C=O.CC.CCCC(C)NCC.CCSC(N)C(=O)NC. The molecule has 2 unspecified atom stereocenters. The summed E-state index contributed by atoms with van der Waals surface area (Å²) in [4.78, 5) is 37.6. The second kappa shape index (κ2) is 27.4. The van der Waals surface area contributed by atoms with Gasteiger partial charge < -0.3 is 31.3 Å². The van der Waals surface area contributed by atoms with Crippen LogP contribution in [0.25, 0.3) is 17.7 Å². The van der Waals surface area contributed by atoms with E-state index in [0.717, 1.165) is 17.9 Å². The summed E-state index contributed by atoms with van der Waals surface area (Å²) in [6.07, 6.45) is 12.8. The van der Waals surface area contributed by atoms with Crippen LogP contribution in [-0.2, 0) is 9.59 Å². The number of hydrogen-bond acceptors (Lipinski definition) is 8. The van der Waals surface area contributed by atoms with Crippen molar-refractivity contribution in [3.05, 3.63) is 70.7 Å². The fraction of sp³-hybridized carbons (Fsp3) is 0.467. The summed E-state index contributed by atoms with van der Waals surface area (Å²) in [7, 11) is 1.58. The Labute approximate surface area is 245 Å². The van der Waals surface area contributed by atoms with Gasteiger partial charge in [-0.05, 0) is 37.8 Å². The summed E-state index contributed by atoms with van der Waals surface area (Å²) in [5.41, 5.74) is 6.72. The van der Waals surface area contributed by atoms with Crippen LogP contribution in [-0.4, -0.2) is 58.5 Å². The zero-order valence-electron chi connectivity index (χ0n) is 25.4. The average molecular weight is 578 g/mol. The van der Waals surface area contributed by atoms with Gasteiger partial charge in [-0.3, -0.25) is 9.59 Å². The van der Waals surface area contributed by atoms with Crippen LogP contribution in [0.1, 0.15) is 77.9 Å². The number of carbonyl (C=O) groups is 2. The largest absolute Gasteiger partial charge is 0.512 e. The third-order valence-corrected chi connectivity index (χ3v) is 5.79. The lowest BCUT2D eigenvalue weighted by molar-refractivity contribution is -0.120. The maximum atomic E-state index is 11.9. The number of allylic oxidation sites excluding steroid dienone is 5. The summed E-state index contributed by atoms with van der Waals surface area (Å²) in [5, 5.41) is 15.0. The molecule has 1 aliphatic rings. The summed E-state index contributed by atoms with van der Waals surface area (Å²) in [6.45, 7) is 22.9. The molecule has 2 rings (SSSR count). The molecule has 40 heavy (non-hydrogen) atoms. The first kappa shape index (κ1) is 41.3. The molecule has 0 spiro atoms. The molecule has 0 bridgehead atoms. The van der Waals surface area contributed by atoms with Crippen LogP contribution < -0.4 is 21.9 Å². The number of H-pyrrole nitrogens is 1. The molecule has 0 aliphatic heterocycles. The molecule has 6 N–H and O–H groups in total. The zero-order chi connectivity index (χ0) is 31.5. The molecular weight excluding hydrogens is 526 g/mol. The van der Waals surface area contributed by atoms with E-state index in [2.05, 4.69) is 54.5 Å². The van der Waals surface area contributed by atoms with Gasteiger partial charge in [0.05, 0.1) is 17.0 Å². The van der Waals surface area contributed by atoms with Gasteiger partial charge in [-0.2, -0.15) is 0 Å². The van der Waals surface area contributed by atoms with Crippen LogP contribution in [0.5, 0.6) is 0 Å². The van der Waals surface area contributed by atoms with E-state index in [4.69, 9.17) is 10.5 Å². The van der Waals surface area contributed by atoms with Crippen molar-refractivity contribution in [2.45, 2.75) is 72.2 Å². The van der Waals surface area contributed by atoms with Gasteiger partial charge in [-0.25, -0.2) is 4.98 Å². The number of aromatic nitrogens is 2. The van der Waals surface area contributed by atoms with Crippen molar-refractivity contribution in [3.8, 4) is 0 Å². The maximum Gasteiger partial charge on any atom is 0.258 e. The lowest BCUT2D eigenvalue weighted by atomic mass is 10.1. The number of nitrogens with zero attached hydrogens (tertiary/aromatic N) is 1. The van der Waals surface area contributed by atoms with E-state index in [-0.39, 0.29) is 17.2 Å². The molecule has 226 valence electrons. The number of amides is 1. The lowest BCUT2D eigenvalue weighted by Crippen LogP contribution is -2.36. The van der Waals surface area contributed by atoms with E-state index >= 15 is 0 Å². The van der Waals surface area contributed by atoms with Crippen molar-refractivity contribution in [2.75, 3.05) is 19.3 Å². The number of nitrogens with two attached hydrogens (primary N) is 1. The van der Waals surface area contributed by atoms with Gasteiger partial charge in [0, 0.05) is 25.1 Å². The highest BCUT2D eigenvalue weighted by molar-refractivity contribution is 8.00. The molecule has 0 fully saturated rings. The van der Waals surface area contributed by atoms with Crippen molar-refractivity contribution in [3.63, 3.8) is 0 Å². The number of carbonyl (C=O) groups excluding carboxylic acids is 2. The Kier molecular flexibility index (Phi) is 28.2. The van der Waals surface area contributed by atoms with E-state index < -0.39 is 5.37 Å². The quantitative estimate of drug-likeness (QED) is 0.237. The lowest BCUT2D eigenvalue weighted by Gasteiger charge is -2.08. The Morgan fingerprint density at radius 2 is 1.80 bits per heavy atom. The van der Waals surface area contributed by atoms with Gasteiger partial charge in [0.25, 0.3) is 5.56 Å². The number of nitrogens with one attached hydrogen (secondary N) is 3. The number of aliphatic hydroxyl groups is 1. The minimum absolute atomic E-state index is 0.109. The molecule has 1 heterocycles. The van der Waals surface area contributed by atoms with Gasteiger partial charge in [0.1, 0.15) is 18.0 Å². The van der Waals surface area contributed by atoms with E-state index in [1.165, 1.54) is 36.8 Å². The van der Waals surface area contributed by atoms with Crippen molar-refractivity contribution >= 4 is 42.2 Å². The first-order chi connectivity index (χ1) is 19.2. The summed E-state index contributed by atoms with van der Waals surface area (Å²) >= 11 is 1.43. The molecule has 1 aromatic heterocycles. The van der Waals surface area contributed by atoms with Crippen molar-refractivity contribution in [2.24, 2.45) is 5.73 Å². The molecular formula is C30H51N5O4S. The van der Waals surface area contributed by atoms with Crippen LogP contribution in [0.15, 0.2) is 48.0 Å². The van der Waals surface area contributed by atoms with Crippen LogP contribution in [0, 0.1) is 0 Å². The first-order valence-electron chi connectivity index (χ1n) is 13.4. The molecule has 2 atom stereocenters. The summed E-state index contributed by atoms with van der Waals surface area (Å²) < 4.78 is 0. The Balaban J connectivity index is -0.000000548. The fourth-order valence-corrected chi connectivity index (χ4v) is 3.73. The Bertz CT molecular complexity index is 996. The monoisotopic (exact) mass is 577 g/mol. The predicted octanol–water partition coefficient (Wildman–Crippen LogP) is 5.24. The molecule has 9 nitrogen and oxygen atoms in total. The number of hydrogen-bond donors (Lipinski definition) is 5. The van der Waals surface area contributed by atoms with Crippen LogP contribution in [0.4, 0.5) is 0 Å². The van der Waals surface area contributed by atoms with Gasteiger partial charge >= 0.3 is 0 Å². The molecule has 0 saturated heterocycles. The maximum absolute atomic E-state index is 11.9. The van der Waals surface area contributed by atoms with Gasteiger partial charge in [0.2, 0.25) is 5.91 Å². The van der Waals surface area contributed by atoms with Crippen molar-refractivity contribution in [1.29, 1.82) is 0 Å². The zero-order valence-corrected chi connectivity index (χ0v) is 26.2. The highest BCUT2D eigenvalue weighted by Crippen LogP contribution is 2.21. The van der Waals surface area contributed by atoms with Crippen LogP contribution in [0.3, 0.4) is 0 Å². The van der Waals surface area contributed by atoms with Crippen LogP contribution in [0.2, 0.25) is 0 Å². The Morgan fingerprint density at radius 1 is 1.20 bits per heavy atom. The van der Waals surface area contributed by atoms with Crippen molar-refractivity contribution in [1.82, 2.24) is 20.6 Å². The molecule has 0 aromatic carbocycles. The smallest absolute Gasteiger partial charge is 0.258 e. The highest BCUT2D eigenvalue weighted by Gasteiger charge is 2.12. The number of likely N-dealkylation sites (N-methyl/N-ethyl adjacent to an activating group) is 1. The van der Waals surface area contributed by atoms with Gasteiger partial charge in [-0.15, -0.1) is 11.8 Å². The normalized spacial score (nSPS) is 12.7.